The smallest absolute Gasteiger partial charge is 0.262 e. The topological polar surface area (TPSA) is 81.2 Å². The molecule has 26 heavy (non-hydrogen) atoms. The molecular weight excluding hydrogens is 354 g/mol. The lowest BCUT2D eigenvalue weighted by molar-refractivity contribution is -0.118. The molecule has 0 aliphatic rings. The van der Waals surface area contributed by atoms with Crippen molar-refractivity contribution in [3.05, 3.63) is 83.3 Å². The van der Waals surface area contributed by atoms with Gasteiger partial charge in [-0.2, -0.15) is 4.98 Å². The van der Waals surface area contributed by atoms with Crippen LogP contribution in [0.4, 0.5) is 5.69 Å². The molecule has 3 aromatic rings. The van der Waals surface area contributed by atoms with Gasteiger partial charge in [-0.05, 0) is 12.1 Å². The summed E-state index contributed by atoms with van der Waals surface area (Å²) in [5, 5.41) is 2.85. The maximum absolute atomic E-state index is 12.5. The van der Waals surface area contributed by atoms with Crippen molar-refractivity contribution in [3.8, 4) is 5.88 Å². The molecule has 0 aliphatic heterocycles. The minimum absolute atomic E-state index is 0.118. The molecule has 3 rings (SSSR count). The van der Waals surface area contributed by atoms with Crippen molar-refractivity contribution < 1.29 is 14.3 Å². The highest BCUT2D eigenvalue weighted by Gasteiger charge is 2.10. The molecule has 0 fully saturated rings. The Bertz CT molecular complexity index is 932. The third-order valence-corrected chi connectivity index (χ3v) is 3.56. The van der Waals surface area contributed by atoms with E-state index in [1.54, 1.807) is 48.5 Å². The molecule has 0 unspecified atom stereocenters. The van der Waals surface area contributed by atoms with Crippen LogP contribution in [0.1, 0.15) is 15.9 Å². The normalized spacial score (nSPS) is 10.2. The number of ether oxygens (including phenoxy) is 1. The summed E-state index contributed by atoms with van der Waals surface area (Å²) in [5.74, 6) is -0.358. The second kappa shape index (κ2) is 8.22. The summed E-state index contributed by atoms with van der Waals surface area (Å²) >= 11 is 5.70. The van der Waals surface area contributed by atoms with Crippen molar-refractivity contribution in [2.75, 3.05) is 11.9 Å². The highest BCUT2D eigenvalue weighted by molar-refractivity contribution is 6.29. The molecule has 1 N–H and O–H groups in total. The summed E-state index contributed by atoms with van der Waals surface area (Å²) in [6.07, 6.45) is 2.72. The van der Waals surface area contributed by atoms with E-state index in [1.165, 1.54) is 12.4 Å². The first kappa shape index (κ1) is 17.6. The molecule has 1 aromatic heterocycles. The fourth-order valence-corrected chi connectivity index (χ4v) is 2.37. The zero-order valence-corrected chi connectivity index (χ0v) is 14.3. The monoisotopic (exact) mass is 367 g/mol. The molecule has 7 heteroatoms. The Balaban J connectivity index is 1.63. The van der Waals surface area contributed by atoms with Gasteiger partial charge in [0.2, 0.25) is 5.88 Å². The van der Waals surface area contributed by atoms with Crippen LogP contribution in [0.3, 0.4) is 0 Å². The summed E-state index contributed by atoms with van der Waals surface area (Å²) in [7, 11) is 0. The molecule has 1 heterocycles. The predicted octanol–water partition coefficient (Wildman–Crippen LogP) is 3.38. The van der Waals surface area contributed by atoms with Crippen molar-refractivity contribution in [3.63, 3.8) is 0 Å². The van der Waals surface area contributed by atoms with E-state index >= 15 is 0 Å². The molecule has 6 nitrogen and oxygen atoms in total. The van der Waals surface area contributed by atoms with Gasteiger partial charge in [0.1, 0.15) is 0 Å². The SMILES string of the molecule is O=C(COc1cncc(Cl)n1)Nc1cccc(C(=O)c2ccccc2)c1. The van der Waals surface area contributed by atoms with Crippen molar-refractivity contribution >= 4 is 29.0 Å². The van der Waals surface area contributed by atoms with Gasteiger partial charge in [-0.25, -0.2) is 0 Å². The molecule has 0 spiro atoms. The van der Waals surface area contributed by atoms with E-state index in [1.807, 2.05) is 6.07 Å². The van der Waals surface area contributed by atoms with Crippen molar-refractivity contribution in [2.24, 2.45) is 0 Å². The van der Waals surface area contributed by atoms with Crippen molar-refractivity contribution in [1.29, 1.82) is 0 Å². The Morgan fingerprint density at radius 1 is 1.00 bits per heavy atom. The molecule has 0 saturated carbocycles. The Hall–Kier alpha value is -3.25. The summed E-state index contributed by atoms with van der Waals surface area (Å²) in [6, 6.07) is 15.6. The number of halogens is 1. The van der Waals surface area contributed by atoms with Gasteiger partial charge in [0.15, 0.2) is 17.5 Å². The molecule has 0 atom stereocenters. The zero-order valence-electron chi connectivity index (χ0n) is 13.6. The Kier molecular flexibility index (Phi) is 5.56. The third-order valence-electron chi connectivity index (χ3n) is 3.38. The summed E-state index contributed by atoms with van der Waals surface area (Å²) < 4.78 is 5.23. The average molecular weight is 368 g/mol. The number of nitrogens with one attached hydrogen (secondary N) is 1. The number of carbonyl (C=O) groups is 2. The van der Waals surface area contributed by atoms with E-state index in [-0.39, 0.29) is 23.4 Å². The van der Waals surface area contributed by atoms with Crippen LogP contribution in [-0.2, 0) is 4.79 Å². The van der Waals surface area contributed by atoms with E-state index in [9.17, 15) is 9.59 Å². The van der Waals surface area contributed by atoms with Crippen LogP contribution in [0, 0.1) is 0 Å². The zero-order chi connectivity index (χ0) is 18.4. The van der Waals surface area contributed by atoms with Gasteiger partial charge in [-0.15, -0.1) is 0 Å². The van der Waals surface area contributed by atoms with Crippen LogP contribution >= 0.6 is 11.6 Å². The highest BCUT2D eigenvalue weighted by Crippen LogP contribution is 2.15. The minimum atomic E-state index is -0.393. The number of benzene rings is 2. The molecule has 0 radical (unpaired) electrons. The molecule has 0 bridgehead atoms. The lowest BCUT2D eigenvalue weighted by atomic mass is 10.0. The van der Waals surface area contributed by atoms with E-state index in [0.717, 1.165) is 0 Å². The molecule has 0 aliphatic carbocycles. The van der Waals surface area contributed by atoms with Gasteiger partial charge >= 0.3 is 0 Å². The quantitative estimate of drug-likeness (QED) is 0.675. The van der Waals surface area contributed by atoms with Gasteiger partial charge in [-0.3, -0.25) is 14.6 Å². The second-order valence-electron chi connectivity index (χ2n) is 5.29. The summed E-state index contributed by atoms with van der Waals surface area (Å²) in [4.78, 5) is 32.2. The number of anilines is 1. The van der Waals surface area contributed by atoms with Crippen LogP contribution in [0.15, 0.2) is 67.0 Å². The fraction of sp³-hybridized carbons (Fsp3) is 0.0526. The number of rotatable bonds is 6. The maximum Gasteiger partial charge on any atom is 0.262 e. The number of carbonyl (C=O) groups excluding carboxylic acids is 2. The summed E-state index contributed by atoms with van der Waals surface area (Å²) in [5.41, 5.74) is 1.56. The molecule has 130 valence electrons. The van der Waals surface area contributed by atoms with E-state index in [0.29, 0.717) is 16.8 Å². The maximum atomic E-state index is 12.5. The van der Waals surface area contributed by atoms with Gasteiger partial charge in [0, 0.05) is 16.8 Å². The lowest BCUT2D eigenvalue weighted by Gasteiger charge is -2.08. The lowest BCUT2D eigenvalue weighted by Crippen LogP contribution is -2.20. The Morgan fingerprint density at radius 3 is 2.54 bits per heavy atom. The van der Waals surface area contributed by atoms with Crippen LogP contribution in [0.25, 0.3) is 0 Å². The molecule has 2 aromatic carbocycles. The Labute approximate surface area is 154 Å². The number of amides is 1. The molecular formula is C19H14ClN3O3. The second-order valence-corrected chi connectivity index (χ2v) is 5.68. The van der Waals surface area contributed by atoms with Crippen molar-refractivity contribution in [2.45, 2.75) is 0 Å². The van der Waals surface area contributed by atoms with Gasteiger partial charge in [-0.1, -0.05) is 54.1 Å². The Morgan fingerprint density at radius 2 is 1.77 bits per heavy atom. The third kappa shape index (κ3) is 4.64. The first-order valence-electron chi connectivity index (χ1n) is 7.72. The number of hydrogen-bond acceptors (Lipinski definition) is 5. The number of ketones is 1. The molecule has 1 amide bonds. The van der Waals surface area contributed by atoms with Crippen LogP contribution in [0.2, 0.25) is 5.15 Å². The molecule has 0 saturated heterocycles. The first-order valence-corrected chi connectivity index (χ1v) is 8.09. The first-order chi connectivity index (χ1) is 12.6. The van der Waals surface area contributed by atoms with E-state index < -0.39 is 5.91 Å². The number of hydrogen-bond donors (Lipinski definition) is 1. The predicted molar refractivity (Wildman–Crippen MR) is 97.5 cm³/mol. The average Bonchev–Trinajstić information content (AvgIpc) is 2.67. The van der Waals surface area contributed by atoms with Gasteiger partial charge < -0.3 is 10.1 Å². The number of aromatic nitrogens is 2. The van der Waals surface area contributed by atoms with E-state index in [4.69, 9.17) is 16.3 Å². The standard InChI is InChI=1S/C19H14ClN3O3/c20-16-10-21-11-18(23-16)26-12-17(24)22-15-8-4-7-14(9-15)19(25)13-5-2-1-3-6-13/h1-11H,12H2,(H,22,24). The summed E-state index contributed by atoms with van der Waals surface area (Å²) in [6.45, 7) is -0.258. The van der Waals surface area contributed by atoms with Gasteiger partial charge in [0.05, 0.1) is 12.4 Å². The highest BCUT2D eigenvalue weighted by atomic mass is 35.5. The largest absolute Gasteiger partial charge is 0.466 e. The van der Waals surface area contributed by atoms with Crippen molar-refractivity contribution in [1.82, 2.24) is 9.97 Å². The fourth-order valence-electron chi connectivity index (χ4n) is 2.23. The van der Waals surface area contributed by atoms with E-state index in [2.05, 4.69) is 15.3 Å². The van der Waals surface area contributed by atoms with Gasteiger partial charge in [0.25, 0.3) is 5.91 Å². The van der Waals surface area contributed by atoms with Crippen LogP contribution in [0.5, 0.6) is 5.88 Å². The van der Waals surface area contributed by atoms with Crippen LogP contribution < -0.4 is 10.1 Å². The minimum Gasteiger partial charge on any atom is -0.466 e. The number of nitrogens with zero attached hydrogens (tertiary/aromatic N) is 2. The van der Waals surface area contributed by atoms with Crippen LogP contribution in [-0.4, -0.2) is 28.3 Å².